The number of carbonyl (C=O) groups is 4. The maximum absolute atomic E-state index is 13.5. The summed E-state index contributed by atoms with van der Waals surface area (Å²) in [5.41, 5.74) is 18.2. The van der Waals surface area contributed by atoms with Gasteiger partial charge in [0.2, 0.25) is 17.7 Å². The first kappa shape index (κ1) is 32.8. The maximum Gasteiger partial charge on any atom is 0.326 e. The molecule has 12 heteroatoms. The third kappa shape index (κ3) is 11.7. The van der Waals surface area contributed by atoms with Crippen LogP contribution in [0.25, 0.3) is 0 Å². The van der Waals surface area contributed by atoms with Crippen molar-refractivity contribution in [3.8, 4) is 0 Å². The number of guanidine groups is 1. The molecule has 2 aromatic carbocycles. The van der Waals surface area contributed by atoms with E-state index in [2.05, 4.69) is 20.9 Å². The highest BCUT2D eigenvalue weighted by Gasteiger charge is 2.32. The van der Waals surface area contributed by atoms with Crippen molar-refractivity contribution in [2.75, 3.05) is 6.54 Å². The van der Waals surface area contributed by atoms with E-state index < -0.39 is 47.9 Å². The van der Waals surface area contributed by atoms with Crippen molar-refractivity contribution in [1.29, 1.82) is 0 Å². The topological polar surface area (TPSA) is 215 Å². The second kappa shape index (κ2) is 16.6. The van der Waals surface area contributed by atoms with Crippen LogP contribution in [0.5, 0.6) is 0 Å². The highest BCUT2D eigenvalue weighted by atomic mass is 16.4. The summed E-state index contributed by atoms with van der Waals surface area (Å²) in [7, 11) is 0. The summed E-state index contributed by atoms with van der Waals surface area (Å²) in [4.78, 5) is 55.3. The Morgan fingerprint density at radius 3 is 1.78 bits per heavy atom. The largest absolute Gasteiger partial charge is 0.480 e. The highest BCUT2D eigenvalue weighted by molar-refractivity contribution is 5.94. The summed E-state index contributed by atoms with van der Waals surface area (Å²) in [6.07, 6.45) is 0.981. The number of amides is 3. The average Bonchev–Trinajstić information content (AvgIpc) is 2.93. The zero-order chi connectivity index (χ0) is 30.4. The summed E-state index contributed by atoms with van der Waals surface area (Å²) in [5, 5.41) is 17.7. The van der Waals surface area contributed by atoms with Crippen molar-refractivity contribution >= 4 is 29.7 Å². The Labute approximate surface area is 240 Å². The van der Waals surface area contributed by atoms with Crippen molar-refractivity contribution in [1.82, 2.24) is 16.0 Å². The number of nitrogens with one attached hydrogen (secondary N) is 3. The number of carboxylic acids is 1. The Bertz CT molecular complexity index is 1170. The molecule has 0 saturated carbocycles. The Balaban J connectivity index is 2.14. The zero-order valence-corrected chi connectivity index (χ0v) is 23.5. The number of carboxylic acid groups (broad SMARTS) is 1. The molecule has 0 aliphatic carbocycles. The van der Waals surface area contributed by atoms with Crippen molar-refractivity contribution in [2.24, 2.45) is 28.1 Å². The van der Waals surface area contributed by atoms with E-state index in [-0.39, 0.29) is 31.1 Å². The second-order valence-corrected chi connectivity index (χ2v) is 10.1. The van der Waals surface area contributed by atoms with Crippen LogP contribution in [0.3, 0.4) is 0 Å². The molecule has 2 aromatic rings. The summed E-state index contributed by atoms with van der Waals surface area (Å²) < 4.78 is 0. The molecule has 41 heavy (non-hydrogen) atoms. The van der Waals surface area contributed by atoms with E-state index in [1.54, 1.807) is 38.1 Å². The molecule has 4 unspecified atom stereocenters. The number of hydrogen-bond acceptors (Lipinski definition) is 6. The van der Waals surface area contributed by atoms with Gasteiger partial charge in [0.15, 0.2) is 5.96 Å². The number of carbonyl (C=O) groups excluding carboxylic acids is 3. The predicted octanol–water partition coefficient (Wildman–Crippen LogP) is 0.0477. The number of aliphatic imine (C=N–C) groups is 1. The lowest BCUT2D eigenvalue weighted by molar-refractivity contribution is -0.142. The molecule has 4 atom stereocenters. The van der Waals surface area contributed by atoms with Gasteiger partial charge in [0.25, 0.3) is 0 Å². The molecular formula is C29H41N7O5. The van der Waals surface area contributed by atoms with Gasteiger partial charge in [-0.05, 0) is 29.9 Å². The van der Waals surface area contributed by atoms with E-state index in [1.807, 2.05) is 36.4 Å². The number of aliphatic carboxylic acids is 1. The monoisotopic (exact) mass is 567 g/mol. The number of hydrogen-bond donors (Lipinski definition) is 7. The molecule has 222 valence electrons. The molecule has 0 saturated heterocycles. The number of nitrogens with two attached hydrogens (primary N) is 3. The van der Waals surface area contributed by atoms with Gasteiger partial charge in [0.1, 0.15) is 18.1 Å². The summed E-state index contributed by atoms with van der Waals surface area (Å²) in [6, 6.07) is 13.8. The minimum atomic E-state index is -1.20. The van der Waals surface area contributed by atoms with Crippen molar-refractivity contribution in [3.05, 3.63) is 71.8 Å². The second-order valence-electron chi connectivity index (χ2n) is 10.1. The third-order valence-corrected chi connectivity index (χ3v) is 6.36. The van der Waals surface area contributed by atoms with E-state index in [9.17, 15) is 24.3 Å². The molecule has 0 aromatic heterocycles. The number of rotatable bonds is 16. The molecule has 0 radical (unpaired) electrons. The van der Waals surface area contributed by atoms with Crippen LogP contribution in [-0.2, 0) is 32.0 Å². The lowest BCUT2D eigenvalue weighted by Gasteiger charge is -2.27. The number of benzene rings is 2. The van der Waals surface area contributed by atoms with Crippen LogP contribution < -0.4 is 33.2 Å². The van der Waals surface area contributed by atoms with Crippen LogP contribution in [0, 0.1) is 5.92 Å². The van der Waals surface area contributed by atoms with E-state index in [0.29, 0.717) is 13.0 Å². The Morgan fingerprint density at radius 1 is 0.780 bits per heavy atom. The van der Waals surface area contributed by atoms with Crippen molar-refractivity contribution in [2.45, 2.75) is 63.7 Å². The smallest absolute Gasteiger partial charge is 0.326 e. The SMILES string of the molecule is CC(C)C(NC(=O)C(Cc1ccccc1)NC(=O)C(N)CCCN=C(N)N)C(=O)NC(Cc1ccccc1)C(=O)O. The first-order valence-corrected chi connectivity index (χ1v) is 13.5. The van der Waals surface area contributed by atoms with Crippen LogP contribution in [0.15, 0.2) is 65.7 Å². The Hall–Kier alpha value is -4.45. The molecule has 0 bridgehead atoms. The van der Waals surface area contributed by atoms with Gasteiger partial charge in [-0.3, -0.25) is 19.4 Å². The molecule has 10 N–H and O–H groups in total. The number of nitrogens with zero attached hydrogens (tertiary/aromatic N) is 1. The predicted molar refractivity (Wildman–Crippen MR) is 156 cm³/mol. The average molecular weight is 568 g/mol. The van der Waals surface area contributed by atoms with E-state index in [1.165, 1.54) is 0 Å². The maximum atomic E-state index is 13.5. The van der Waals surface area contributed by atoms with Gasteiger partial charge >= 0.3 is 5.97 Å². The first-order chi connectivity index (χ1) is 19.5. The molecule has 0 fully saturated rings. The molecule has 2 rings (SSSR count). The third-order valence-electron chi connectivity index (χ3n) is 6.36. The molecular weight excluding hydrogens is 526 g/mol. The van der Waals surface area contributed by atoms with Crippen molar-refractivity contribution < 1.29 is 24.3 Å². The quantitative estimate of drug-likeness (QED) is 0.0833. The fourth-order valence-electron chi connectivity index (χ4n) is 4.09. The highest BCUT2D eigenvalue weighted by Crippen LogP contribution is 2.09. The fraction of sp³-hybridized carbons (Fsp3) is 0.414. The summed E-state index contributed by atoms with van der Waals surface area (Å²) in [5.74, 6) is -3.40. The van der Waals surface area contributed by atoms with Gasteiger partial charge in [-0.25, -0.2) is 4.79 Å². The first-order valence-electron chi connectivity index (χ1n) is 13.5. The van der Waals surface area contributed by atoms with Crippen LogP contribution in [-0.4, -0.2) is 65.5 Å². The minimum absolute atomic E-state index is 0.0545. The molecule has 0 aliphatic rings. The standard InChI is InChI=1S/C29H41N7O5/c1-18(2)24(27(39)35-23(28(40)41)17-20-12-7-4-8-13-20)36-26(38)22(16-19-10-5-3-6-11-19)34-25(37)21(30)14-9-15-33-29(31)32/h3-8,10-13,18,21-24H,9,14-17,30H2,1-2H3,(H,34,37)(H,35,39)(H,36,38)(H,40,41)(H4,31,32,33). The van der Waals surface area contributed by atoms with Gasteiger partial charge in [-0.2, -0.15) is 0 Å². The fourth-order valence-corrected chi connectivity index (χ4v) is 4.09. The summed E-state index contributed by atoms with van der Waals surface area (Å²) >= 11 is 0. The van der Waals surface area contributed by atoms with E-state index in [0.717, 1.165) is 11.1 Å². The van der Waals surface area contributed by atoms with Gasteiger partial charge in [0.05, 0.1) is 6.04 Å². The van der Waals surface area contributed by atoms with Gasteiger partial charge < -0.3 is 38.3 Å². The molecule has 12 nitrogen and oxygen atoms in total. The molecule has 0 heterocycles. The van der Waals surface area contributed by atoms with Crippen LogP contribution in [0.1, 0.15) is 37.8 Å². The molecule has 0 spiro atoms. The van der Waals surface area contributed by atoms with Gasteiger partial charge in [-0.15, -0.1) is 0 Å². The Kier molecular flexibility index (Phi) is 13.3. The minimum Gasteiger partial charge on any atom is -0.480 e. The zero-order valence-electron chi connectivity index (χ0n) is 23.5. The van der Waals surface area contributed by atoms with Gasteiger partial charge in [-0.1, -0.05) is 74.5 Å². The lowest BCUT2D eigenvalue weighted by atomic mass is 9.99. The van der Waals surface area contributed by atoms with Gasteiger partial charge in [0, 0.05) is 19.4 Å². The Morgan fingerprint density at radius 2 is 1.29 bits per heavy atom. The van der Waals surface area contributed by atoms with Crippen LogP contribution >= 0.6 is 0 Å². The van der Waals surface area contributed by atoms with Crippen LogP contribution in [0.4, 0.5) is 0 Å². The lowest BCUT2D eigenvalue weighted by Crippen LogP contribution is -2.59. The van der Waals surface area contributed by atoms with E-state index in [4.69, 9.17) is 17.2 Å². The van der Waals surface area contributed by atoms with Crippen molar-refractivity contribution in [3.63, 3.8) is 0 Å². The normalized spacial score (nSPS) is 13.8. The van der Waals surface area contributed by atoms with E-state index >= 15 is 0 Å². The molecule has 0 aliphatic heterocycles. The molecule has 3 amide bonds. The van der Waals surface area contributed by atoms with Crippen LogP contribution in [0.2, 0.25) is 0 Å². The summed E-state index contributed by atoms with van der Waals surface area (Å²) in [6.45, 7) is 3.77.